The molecule has 4 rings (SSSR count). The Balaban J connectivity index is 2.02. The van der Waals surface area contributed by atoms with Crippen molar-refractivity contribution < 1.29 is 56.0 Å². The van der Waals surface area contributed by atoms with Gasteiger partial charge >= 0.3 is 24.1 Å². The number of methoxy groups -OCH3 is 1. The molecule has 0 radical (unpaired) electrons. The number of hydrogen-bond donors (Lipinski definition) is 1. The predicted molar refractivity (Wildman–Crippen MR) is 199 cm³/mol. The molecule has 4 aromatic rings. The zero-order valence-electron chi connectivity index (χ0n) is 32.4. The lowest BCUT2D eigenvalue weighted by atomic mass is 9.89. The quantitative estimate of drug-likeness (QED) is 0.0691. The van der Waals surface area contributed by atoms with Crippen molar-refractivity contribution in [3.05, 3.63) is 130 Å². The molecular weight excluding hydrogens is 733 g/mol. The molecule has 0 unspecified atom stereocenters. The lowest BCUT2D eigenvalue weighted by Crippen LogP contribution is -2.59. The maximum absolute atomic E-state index is 15.0. The van der Waals surface area contributed by atoms with Gasteiger partial charge in [0.15, 0.2) is 0 Å². The smallest absolute Gasteiger partial charge is 0.430 e. The van der Waals surface area contributed by atoms with E-state index >= 15 is 13.2 Å². The Hall–Kier alpha value is -5.76. The first-order valence-electron chi connectivity index (χ1n) is 17.6. The number of carbonyl (C=O) groups is 4. The highest BCUT2D eigenvalue weighted by Crippen LogP contribution is 2.42. The highest BCUT2D eigenvalue weighted by atomic mass is 19.4. The van der Waals surface area contributed by atoms with Crippen molar-refractivity contribution >= 4 is 23.8 Å². The van der Waals surface area contributed by atoms with Gasteiger partial charge < -0.3 is 29.5 Å². The van der Waals surface area contributed by atoms with E-state index in [1.807, 2.05) is 0 Å². The molecule has 1 N–H and O–H groups in total. The second-order valence-corrected chi connectivity index (χ2v) is 14.9. The van der Waals surface area contributed by atoms with Crippen molar-refractivity contribution in [2.75, 3.05) is 7.11 Å². The summed E-state index contributed by atoms with van der Waals surface area (Å²) in [4.78, 5) is 56.2. The van der Waals surface area contributed by atoms with Gasteiger partial charge in [-0.15, -0.1) is 0 Å². The highest BCUT2D eigenvalue weighted by Gasteiger charge is 2.63. The van der Waals surface area contributed by atoms with Gasteiger partial charge in [-0.05, 0) is 52.7 Å². The first-order valence-corrected chi connectivity index (χ1v) is 17.6. The van der Waals surface area contributed by atoms with E-state index < -0.39 is 76.1 Å². The molecule has 1 amide bonds. The largest absolute Gasteiger partial charge is 0.618 e. The standard InChI is InChI=1S/C42H45F3N2O9/c1-26-32(36(49)55-39(2,3)4)33(28-20-14-10-15-21-28)34(37(50)56-40(5,6)7)31(47(26)52)24-30(35(48)54-25-27-18-12-9-13-19-27)46-38(51)41(53-8,42(43,44)45)29-22-16-11-17-23-29/h9-23,30H,24-25H2,1-8H3,(H,46,51)/t30-,41+/m0/s1. The zero-order chi connectivity index (χ0) is 41.6. The average Bonchev–Trinajstić information content (AvgIpc) is 3.11. The number of alkyl halides is 3. The second-order valence-electron chi connectivity index (χ2n) is 14.9. The Morgan fingerprint density at radius 2 is 1.23 bits per heavy atom. The van der Waals surface area contributed by atoms with Gasteiger partial charge in [-0.2, -0.15) is 17.9 Å². The second kappa shape index (κ2) is 16.9. The molecule has 0 fully saturated rings. The van der Waals surface area contributed by atoms with Crippen molar-refractivity contribution in [2.45, 2.75) is 90.5 Å². The van der Waals surface area contributed by atoms with Crippen LogP contribution >= 0.6 is 0 Å². The van der Waals surface area contributed by atoms with Crippen molar-refractivity contribution in [1.82, 2.24) is 5.32 Å². The number of pyridine rings is 1. The van der Waals surface area contributed by atoms with Crippen LogP contribution < -0.4 is 10.0 Å². The molecule has 298 valence electrons. The van der Waals surface area contributed by atoms with E-state index in [0.717, 1.165) is 12.1 Å². The molecule has 0 saturated heterocycles. The van der Waals surface area contributed by atoms with Crippen molar-refractivity contribution in [2.24, 2.45) is 0 Å². The summed E-state index contributed by atoms with van der Waals surface area (Å²) < 4.78 is 67.1. The zero-order valence-corrected chi connectivity index (χ0v) is 32.4. The van der Waals surface area contributed by atoms with Crippen LogP contribution in [0.5, 0.6) is 0 Å². The Morgan fingerprint density at radius 1 is 0.750 bits per heavy atom. The van der Waals surface area contributed by atoms with Crippen LogP contribution in [0.25, 0.3) is 11.1 Å². The third-order valence-corrected chi connectivity index (χ3v) is 8.39. The van der Waals surface area contributed by atoms with Crippen molar-refractivity contribution in [1.29, 1.82) is 0 Å². The van der Waals surface area contributed by atoms with E-state index in [-0.39, 0.29) is 33.7 Å². The summed E-state index contributed by atoms with van der Waals surface area (Å²) >= 11 is 0. The minimum Gasteiger partial charge on any atom is -0.618 e. The predicted octanol–water partition coefficient (Wildman–Crippen LogP) is 7.08. The summed E-state index contributed by atoms with van der Waals surface area (Å²) in [6.45, 7) is 10.5. The van der Waals surface area contributed by atoms with Crippen LogP contribution in [0, 0.1) is 12.1 Å². The van der Waals surface area contributed by atoms with Crippen LogP contribution in [-0.4, -0.2) is 54.3 Å². The highest BCUT2D eigenvalue weighted by molar-refractivity contribution is 6.07. The molecule has 0 aliphatic heterocycles. The fourth-order valence-electron chi connectivity index (χ4n) is 5.96. The lowest BCUT2D eigenvalue weighted by Gasteiger charge is -2.34. The fourth-order valence-corrected chi connectivity index (χ4v) is 5.96. The van der Waals surface area contributed by atoms with Crippen molar-refractivity contribution in [3.8, 4) is 11.1 Å². The summed E-state index contributed by atoms with van der Waals surface area (Å²) in [5, 5.41) is 16.6. The number of nitrogens with one attached hydrogen (secondary N) is 1. The number of nitrogens with zero attached hydrogens (tertiary/aromatic N) is 1. The van der Waals surface area contributed by atoms with Crippen LogP contribution in [0.4, 0.5) is 13.2 Å². The molecule has 56 heavy (non-hydrogen) atoms. The normalized spacial score (nSPS) is 13.6. The van der Waals surface area contributed by atoms with Crippen LogP contribution in [0.3, 0.4) is 0 Å². The molecule has 1 aromatic heterocycles. The summed E-state index contributed by atoms with van der Waals surface area (Å²) in [6.07, 6.45) is -6.27. The van der Waals surface area contributed by atoms with E-state index in [2.05, 4.69) is 5.32 Å². The number of hydrogen-bond acceptors (Lipinski definition) is 9. The minimum atomic E-state index is -5.36. The van der Waals surface area contributed by atoms with Crippen LogP contribution in [-0.2, 0) is 47.2 Å². The van der Waals surface area contributed by atoms with Gasteiger partial charge in [0.05, 0.1) is 6.42 Å². The van der Waals surface area contributed by atoms with E-state index in [0.29, 0.717) is 12.7 Å². The number of aromatic nitrogens is 1. The van der Waals surface area contributed by atoms with E-state index in [1.165, 1.54) is 25.1 Å². The maximum atomic E-state index is 15.0. The minimum absolute atomic E-state index is 0.0951. The monoisotopic (exact) mass is 778 g/mol. The number of amides is 1. The summed E-state index contributed by atoms with van der Waals surface area (Å²) in [5.41, 5.74) is -7.30. The number of halogens is 3. The molecule has 14 heteroatoms. The SMILES string of the molecule is CO[C@@](C(=O)N[C@@H](Cc1c(C(=O)OC(C)(C)C)c(-c2ccccc2)c(C(=O)OC(C)(C)C)c(C)[n+]1[O-])C(=O)OCc1ccccc1)(c1ccccc1)C(F)(F)F. The van der Waals surface area contributed by atoms with E-state index in [1.54, 1.807) is 102 Å². The summed E-state index contributed by atoms with van der Waals surface area (Å²) in [6, 6.07) is 20.4. The van der Waals surface area contributed by atoms with Gasteiger partial charge in [0.1, 0.15) is 35.0 Å². The number of ether oxygens (including phenoxy) is 4. The molecule has 0 aliphatic rings. The Labute approximate surface area is 323 Å². The molecule has 11 nitrogen and oxygen atoms in total. The lowest BCUT2D eigenvalue weighted by molar-refractivity contribution is -0.621. The van der Waals surface area contributed by atoms with Gasteiger partial charge in [-0.3, -0.25) is 4.79 Å². The Kier molecular flexibility index (Phi) is 13.0. The average molecular weight is 779 g/mol. The van der Waals surface area contributed by atoms with Gasteiger partial charge in [0.25, 0.3) is 11.5 Å². The Bertz CT molecular complexity index is 2040. The molecule has 0 aliphatic carbocycles. The molecular formula is C42H45F3N2O9. The van der Waals surface area contributed by atoms with Crippen LogP contribution in [0.15, 0.2) is 91.0 Å². The molecule has 0 bridgehead atoms. The molecule has 0 spiro atoms. The molecule has 1 heterocycles. The topological polar surface area (TPSA) is 144 Å². The maximum Gasteiger partial charge on any atom is 0.430 e. The molecule has 3 aromatic carbocycles. The van der Waals surface area contributed by atoms with E-state index in [9.17, 15) is 24.4 Å². The summed E-state index contributed by atoms with van der Waals surface area (Å²) in [7, 11) is 0.694. The first-order chi connectivity index (χ1) is 26.1. The van der Waals surface area contributed by atoms with Crippen molar-refractivity contribution in [3.63, 3.8) is 0 Å². The number of carbonyl (C=O) groups excluding carboxylic acids is 4. The third kappa shape index (κ3) is 9.72. The molecule has 2 atom stereocenters. The molecule has 0 saturated carbocycles. The summed E-state index contributed by atoms with van der Waals surface area (Å²) in [5.74, 6) is -5.11. The Morgan fingerprint density at radius 3 is 1.71 bits per heavy atom. The first kappa shape index (κ1) is 43.0. The van der Waals surface area contributed by atoms with Gasteiger partial charge in [0.2, 0.25) is 11.4 Å². The van der Waals surface area contributed by atoms with Crippen LogP contribution in [0.2, 0.25) is 0 Å². The van der Waals surface area contributed by atoms with Gasteiger partial charge in [-0.1, -0.05) is 91.0 Å². The van der Waals surface area contributed by atoms with Gasteiger partial charge in [-0.25, -0.2) is 14.4 Å². The number of esters is 3. The van der Waals surface area contributed by atoms with Gasteiger partial charge in [0, 0.05) is 25.2 Å². The fraction of sp³-hybridized carbons (Fsp3) is 0.357. The number of benzene rings is 3. The number of rotatable bonds is 12. The van der Waals surface area contributed by atoms with E-state index in [4.69, 9.17) is 18.9 Å². The van der Waals surface area contributed by atoms with Crippen LogP contribution in [0.1, 0.15) is 84.8 Å². The third-order valence-electron chi connectivity index (χ3n) is 8.39.